The Labute approximate surface area is 138 Å². The Hall–Kier alpha value is -2.27. The molecule has 3 aromatic carbocycles. The molecule has 0 aliphatic rings. The molecule has 4 rings (SSSR count). The first-order valence-corrected chi connectivity index (χ1v) is 8.13. The monoisotopic (exact) mass is 318 g/mol. The molecule has 4 aromatic rings. The van der Waals surface area contributed by atoms with Gasteiger partial charge in [-0.15, -0.1) is 17.8 Å². The van der Waals surface area contributed by atoms with E-state index in [0.29, 0.717) is 5.02 Å². The molecule has 104 valence electrons. The number of fused-ring (bicyclic) bond motifs is 3. The van der Waals surface area contributed by atoms with E-state index in [0.717, 1.165) is 16.7 Å². The van der Waals surface area contributed by atoms with E-state index in [1.807, 2.05) is 18.2 Å². The SMILES string of the molecule is C#Cc1ccc(Cl)cc1-c1ccc2c(c1)sc1ccccc12. The fourth-order valence-corrected chi connectivity index (χ4v) is 4.09. The molecule has 0 saturated heterocycles. The standard InChI is InChI=1S/C20H11ClS/c1-2-13-7-9-15(21)12-18(13)14-8-10-17-16-5-3-4-6-19(16)22-20(17)11-14/h1,3-12H. The molecule has 0 saturated carbocycles. The van der Waals surface area contributed by atoms with Gasteiger partial charge < -0.3 is 0 Å². The van der Waals surface area contributed by atoms with Crippen LogP contribution >= 0.6 is 22.9 Å². The Morgan fingerprint density at radius 2 is 1.68 bits per heavy atom. The minimum atomic E-state index is 0.699. The van der Waals surface area contributed by atoms with Crippen LogP contribution in [0.15, 0.2) is 60.7 Å². The van der Waals surface area contributed by atoms with Crippen LogP contribution in [0.1, 0.15) is 5.56 Å². The van der Waals surface area contributed by atoms with E-state index in [2.05, 4.69) is 48.4 Å². The highest BCUT2D eigenvalue weighted by atomic mass is 35.5. The highest BCUT2D eigenvalue weighted by molar-refractivity contribution is 7.25. The van der Waals surface area contributed by atoms with Crippen LogP contribution in [0, 0.1) is 12.3 Å². The zero-order chi connectivity index (χ0) is 15.1. The lowest BCUT2D eigenvalue weighted by Crippen LogP contribution is -1.84. The maximum absolute atomic E-state index is 6.14. The van der Waals surface area contributed by atoms with Crippen LogP contribution in [0.5, 0.6) is 0 Å². The van der Waals surface area contributed by atoms with Gasteiger partial charge in [0.25, 0.3) is 0 Å². The molecule has 22 heavy (non-hydrogen) atoms. The molecule has 0 unspecified atom stereocenters. The summed E-state index contributed by atoms with van der Waals surface area (Å²) in [5, 5.41) is 3.29. The molecule has 0 aliphatic carbocycles. The van der Waals surface area contributed by atoms with E-state index in [1.165, 1.54) is 20.2 Å². The summed E-state index contributed by atoms with van der Waals surface area (Å²) >= 11 is 7.94. The van der Waals surface area contributed by atoms with Gasteiger partial charge in [-0.25, -0.2) is 0 Å². The van der Waals surface area contributed by atoms with Gasteiger partial charge in [0.15, 0.2) is 0 Å². The van der Waals surface area contributed by atoms with Gasteiger partial charge >= 0.3 is 0 Å². The molecule has 2 heteroatoms. The van der Waals surface area contributed by atoms with Gasteiger partial charge in [0.2, 0.25) is 0 Å². The lowest BCUT2D eigenvalue weighted by Gasteiger charge is -2.06. The quantitative estimate of drug-likeness (QED) is 0.358. The van der Waals surface area contributed by atoms with Gasteiger partial charge in [-0.3, -0.25) is 0 Å². The van der Waals surface area contributed by atoms with E-state index >= 15 is 0 Å². The van der Waals surface area contributed by atoms with Gasteiger partial charge in [-0.1, -0.05) is 47.9 Å². The Morgan fingerprint density at radius 3 is 2.55 bits per heavy atom. The summed E-state index contributed by atoms with van der Waals surface area (Å²) in [5.74, 6) is 2.74. The van der Waals surface area contributed by atoms with Crippen molar-refractivity contribution in [1.82, 2.24) is 0 Å². The fraction of sp³-hybridized carbons (Fsp3) is 0. The molecule has 0 N–H and O–H groups in total. The van der Waals surface area contributed by atoms with Crippen molar-refractivity contribution in [3.8, 4) is 23.5 Å². The summed E-state index contributed by atoms with van der Waals surface area (Å²) in [5.41, 5.74) is 2.98. The minimum Gasteiger partial charge on any atom is -0.135 e. The first kappa shape index (κ1) is 13.4. The molecule has 0 fully saturated rings. The lowest BCUT2D eigenvalue weighted by atomic mass is 9.99. The van der Waals surface area contributed by atoms with Crippen LogP contribution in [0.2, 0.25) is 5.02 Å². The molecule has 0 amide bonds. The van der Waals surface area contributed by atoms with Crippen LogP contribution in [-0.4, -0.2) is 0 Å². The lowest BCUT2D eigenvalue weighted by molar-refractivity contribution is 1.61. The summed E-state index contributed by atoms with van der Waals surface area (Å²) in [6, 6.07) is 20.6. The van der Waals surface area contributed by atoms with Crippen LogP contribution in [0.4, 0.5) is 0 Å². The molecule has 0 nitrogen and oxygen atoms in total. The van der Waals surface area contributed by atoms with Crippen molar-refractivity contribution in [2.24, 2.45) is 0 Å². The molecule has 0 aliphatic heterocycles. The van der Waals surface area contributed by atoms with Crippen molar-refractivity contribution in [1.29, 1.82) is 0 Å². The van der Waals surface area contributed by atoms with Crippen molar-refractivity contribution in [2.45, 2.75) is 0 Å². The normalized spacial score (nSPS) is 10.9. The third-order valence-electron chi connectivity index (χ3n) is 3.83. The fourth-order valence-electron chi connectivity index (χ4n) is 2.77. The number of halogens is 1. The number of thiophene rings is 1. The first-order valence-electron chi connectivity index (χ1n) is 6.94. The number of hydrogen-bond acceptors (Lipinski definition) is 1. The second-order valence-corrected chi connectivity index (χ2v) is 6.66. The van der Waals surface area contributed by atoms with Gasteiger partial charge in [-0.2, -0.15) is 0 Å². The average Bonchev–Trinajstić information content (AvgIpc) is 2.92. The number of terminal acetylenes is 1. The van der Waals surface area contributed by atoms with Crippen molar-refractivity contribution >= 4 is 43.1 Å². The van der Waals surface area contributed by atoms with E-state index in [-0.39, 0.29) is 0 Å². The molecule has 0 atom stereocenters. The number of hydrogen-bond donors (Lipinski definition) is 0. The average molecular weight is 319 g/mol. The predicted octanol–water partition coefficient (Wildman–Crippen LogP) is 6.36. The maximum atomic E-state index is 6.14. The second kappa shape index (κ2) is 5.18. The van der Waals surface area contributed by atoms with Gasteiger partial charge in [-0.05, 0) is 41.5 Å². The van der Waals surface area contributed by atoms with Gasteiger partial charge in [0.05, 0.1) is 0 Å². The topological polar surface area (TPSA) is 0 Å². The second-order valence-electron chi connectivity index (χ2n) is 5.14. The van der Waals surface area contributed by atoms with E-state index in [4.69, 9.17) is 18.0 Å². The maximum Gasteiger partial charge on any atom is 0.0413 e. The molecular formula is C20H11ClS. The Balaban J connectivity index is 1.99. The highest BCUT2D eigenvalue weighted by Crippen LogP contribution is 2.37. The molecule has 0 spiro atoms. The zero-order valence-electron chi connectivity index (χ0n) is 11.6. The molecule has 0 radical (unpaired) electrons. The van der Waals surface area contributed by atoms with E-state index in [9.17, 15) is 0 Å². The van der Waals surface area contributed by atoms with Crippen LogP contribution in [0.3, 0.4) is 0 Å². The Kier molecular flexibility index (Phi) is 3.15. The molecular weight excluding hydrogens is 308 g/mol. The summed E-state index contributed by atoms with van der Waals surface area (Å²) in [6.45, 7) is 0. The largest absolute Gasteiger partial charge is 0.135 e. The third kappa shape index (κ3) is 2.09. The van der Waals surface area contributed by atoms with Crippen molar-refractivity contribution < 1.29 is 0 Å². The number of rotatable bonds is 1. The van der Waals surface area contributed by atoms with Gasteiger partial charge in [0.1, 0.15) is 0 Å². The van der Waals surface area contributed by atoms with E-state index < -0.39 is 0 Å². The smallest absolute Gasteiger partial charge is 0.0413 e. The Morgan fingerprint density at radius 1 is 0.864 bits per heavy atom. The highest BCUT2D eigenvalue weighted by Gasteiger charge is 2.09. The minimum absolute atomic E-state index is 0.699. The first-order chi connectivity index (χ1) is 10.8. The predicted molar refractivity (Wildman–Crippen MR) is 97.7 cm³/mol. The third-order valence-corrected chi connectivity index (χ3v) is 5.20. The Bertz CT molecular complexity index is 1050. The summed E-state index contributed by atoms with van der Waals surface area (Å²) < 4.78 is 2.57. The van der Waals surface area contributed by atoms with Gasteiger partial charge in [0, 0.05) is 30.8 Å². The summed E-state index contributed by atoms with van der Waals surface area (Å²) in [6.07, 6.45) is 5.62. The number of benzene rings is 3. The summed E-state index contributed by atoms with van der Waals surface area (Å²) in [7, 11) is 0. The summed E-state index contributed by atoms with van der Waals surface area (Å²) in [4.78, 5) is 0. The van der Waals surface area contributed by atoms with Crippen LogP contribution in [0.25, 0.3) is 31.3 Å². The molecule has 1 heterocycles. The van der Waals surface area contributed by atoms with Crippen LogP contribution in [-0.2, 0) is 0 Å². The van der Waals surface area contributed by atoms with Crippen molar-refractivity contribution in [2.75, 3.05) is 0 Å². The van der Waals surface area contributed by atoms with Crippen LogP contribution < -0.4 is 0 Å². The van der Waals surface area contributed by atoms with E-state index in [1.54, 1.807) is 11.3 Å². The molecule has 1 aromatic heterocycles. The zero-order valence-corrected chi connectivity index (χ0v) is 13.2. The van der Waals surface area contributed by atoms with Crippen molar-refractivity contribution in [3.63, 3.8) is 0 Å². The molecule has 0 bridgehead atoms. The van der Waals surface area contributed by atoms with Crippen molar-refractivity contribution in [3.05, 3.63) is 71.2 Å².